The highest BCUT2D eigenvalue weighted by atomic mass is 19.1. The van der Waals surface area contributed by atoms with Crippen LogP contribution < -0.4 is 10.6 Å². The number of anilines is 2. The maximum absolute atomic E-state index is 13.0. The molecule has 13 nitrogen and oxygen atoms in total. The Labute approximate surface area is 324 Å². The SMILES string of the molecule is O=C(CCc1ccc(F)cc1)Nc1ccc2ncc(-c3cc4ccccc4o3)n2n1.O=C(CN1CCCC1)Nc1ccc2ncc(-c3cc4ccccc4o3)n2n1. The summed E-state index contributed by atoms with van der Waals surface area (Å²) in [6.07, 6.45) is 6.53. The molecule has 1 aliphatic heterocycles. The fourth-order valence-electron chi connectivity index (χ4n) is 6.87. The first-order valence-electron chi connectivity index (χ1n) is 18.7. The van der Waals surface area contributed by atoms with Gasteiger partial charge in [0.25, 0.3) is 0 Å². The number of carbonyl (C=O) groups is 2. The van der Waals surface area contributed by atoms with Gasteiger partial charge in [-0.15, -0.1) is 10.2 Å². The average molecular weight is 762 g/mol. The van der Waals surface area contributed by atoms with E-state index >= 15 is 0 Å². The van der Waals surface area contributed by atoms with Crippen LogP contribution in [0.4, 0.5) is 16.0 Å². The zero-order valence-corrected chi connectivity index (χ0v) is 30.6. The first-order chi connectivity index (χ1) is 27.9. The maximum atomic E-state index is 13.0. The van der Waals surface area contributed by atoms with E-state index in [9.17, 15) is 14.0 Å². The van der Waals surface area contributed by atoms with E-state index in [2.05, 4.69) is 35.7 Å². The lowest BCUT2D eigenvalue weighted by atomic mass is 10.1. The van der Waals surface area contributed by atoms with Crippen molar-refractivity contribution in [1.82, 2.24) is 34.1 Å². The first-order valence-corrected chi connectivity index (χ1v) is 18.7. The van der Waals surface area contributed by atoms with E-state index < -0.39 is 0 Å². The number of aromatic nitrogens is 6. The van der Waals surface area contributed by atoms with Gasteiger partial charge in [0.1, 0.15) is 28.4 Å². The summed E-state index contributed by atoms with van der Waals surface area (Å²) in [7, 11) is 0. The Balaban J connectivity index is 0.000000149. The molecule has 1 fully saturated rings. The fraction of sp³-hybridized carbons (Fsp3) is 0.163. The van der Waals surface area contributed by atoms with Gasteiger partial charge in [0.2, 0.25) is 11.8 Å². The molecule has 10 rings (SSSR count). The van der Waals surface area contributed by atoms with E-state index in [-0.39, 0.29) is 24.1 Å². The number of imidazole rings is 2. The molecule has 6 aromatic heterocycles. The van der Waals surface area contributed by atoms with E-state index in [1.807, 2.05) is 66.7 Å². The van der Waals surface area contributed by atoms with Crippen LogP contribution >= 0.6 is 0 Å². The van der Waals surface area contributed by atoms with Crippen molar-refractivity contribution in [3.63, 3.8) is 0 Å². The molecular weight excluding hydrogens is 726 g/mol. The number of fused-ring (bicyclic) bond motifs is 4. The van der Waals surface area contributed by atoms with Gasteiger partial charge in [-0.2, -0.15) is 0 Å². The lowest BCUT2D eigenvalue weighted by Gasteiger charge is -2.13. The molecule has 2 N–H and O–H groups in total. The monoisotopic (exact) mass is 761 g/mol. The highest BCUT2D eigenvalue weighted by molar-refractivity contribution is 5.92. The van der Waals surface area contributed by atoms with Crippen molar-refractivity contribution in [3.05, 3.63) is 133 Å². The number of furan rings is 2. The minimum absolute atomic E-state index is 0.0471. The van der Waals surface area contributed by atoms with Gasteiger partial charge < -0.3 is 19.5 Å². The van der Waals surface area contributed by atoms with E-state index in [1.54, 1.807) is 51.8 Å². The minimum Gasteiger partial charge on any atom is -0.454 e. The van der Waals surface area contributed by atoms with E-state index in [0.29, 0.717) is 53.1 Å². The number of nitrogens with one attached hydrogen (secondary N) is 2. The third kappa shape index (κ3) is 7.84. The number of carbonyl (C=O) groups excluding carboxylic acids is 2. The second kappa shape index (κ2) is 15.5. The number of likely N-dealkylation sites (tertiary alicyclic amines) is 1. The van der Waals surface area contributed by atoms with Crippen LogP contribution in [0.5, 0.6) is 0 Å². The van der Waals surface area contributed by atoms with Gasteiger partial charge in [-0.05, 0) is 98.6 Å². The molecule has 9 aromatic rings. The van der Waals surface area contributed by atoms with Crippen LogP contribution in [-0.4, -0.2) is 65.5 Å². The summed E-state index contributed by atoms with van der Waals surface area (Å²) in [6.45, 7) is 2.37. The number of para-hydroxylation sites is 2. The molecule has 0 atom stereocenters. The van der Waals surface area contributed by atoms with Crippen molar-refractivity contribution in [2.24, 2.45) is 0 Å². The Morgan fingerprint density at radius 3 is 1.72 bits per heavy atom. The van der Waals surface area contributed by atoms with E-state index in [0.717, 1.165) is 59.1 Å². The predicted octanol–water partition coefficient (Wildman–Crippen LogP) is 8.03. The summed E-state index contributed by atoms with van der Waals surface area (Å²) in [6, 6.07) is 32.8. The highest BCUT2D eigenvalue weighted by Gasteiger charge is 2.18. The molecule has 3 aromatic carbocycles. The van der Waals surface area contributed by atoms with Gasteiger partial charge in [0.05, 0.1) is 18.9 Å². The summed E-state index contributed by atoms with van der Waals surface area (Å²) < 4.78 is 28.2. The van der Waals surface area contributed by atoms with E-state index in [1.165, 1.54) is 12.1 Å². The molecule has 1 saturated heterocycles. The third-order valence-corrected chi connectivity index (χ3v) is 9.74. The lowest BCUT2D eigenvalue weighted by Crippen LogP contribution is -2.31. The summed E-state index contributed by atoms with van der Waals surface area (Å²) in [5.74, 6) is 1.75. The van der Waals surface area contributed by atoms with Gasteiger partial charge in [0, 0.05) is 17.2 Å². The molecule has 0 bridgehead atoms. The number of halogens is 1. The van der Waals surface area contributed by atoms with Crippen molar-refractivity contribution < 1.29 is 22.8 Å². The highest BCUT2D eigenvalue weighted by Crippen LogP contribution is 2.29. The number of benzene rings is 3. The standard InChI is InChI=1S/C23H17FN4O2.C20H19N5O2/c24-17-8-5-15(6-9-17)7-12-23(29)26-21-10-11-22-25-14-18(28(22)27-21)20-13-16-3-1-2-4-19(16)30-20;26-20(13-24-9-3-4-10-24)22-18-7-8-19-21-12-15(25(19)23-18)17-11-14-5-1-2-6-16(14)27-17/h1-6,8-11,13-14H,7,12H2,(H,26,27,29);1-2,5-8,11-12H,3-4,9-10,13H2,(H,22,23,26). The zero-order chi connectivity index (χ0) is 38.7. The van der Waals surface area contributed by atoms with Crippen LogP contribution in [0.25, 0.3) is 56.1 Å². The van der Waals surface area contributed by atoms with E-state index in [4.69, 9.17) is 8.83 Å². The average Bonchev–Trinajstić information content (AvgIpc) is 4.07. The van der Waals surface area contributed by atoms with Crippen LogP contribution in [0, 0.1) is 5.82 Å². The predicted molar refractivity (Wildman–Crippen MR) is 214 cm³/mol. The van der Waals surface area contributed by atoms with Gasteiger partial charge in [-0.1, -0.05) is 48.5 Å². The van der Waals surface area contributed by atoms with Crippen molar-refractivity contribution in [2.75, 3.05) is 30.3 Å². The van der Waals surface area contributed by atoms with Crippen LogP contribution in [-0.2, 0) is 16.0 Å². The van der Waals surface area contributed by atoms with Crippen molar-refractivity contribution in [1.29, 1.82) is 0 Å². The molecule has 57 heavy (non-hydrogen) atoms. The lowest BCUT2D eigenvalue weighted by molar-refractivity contribution is -0.117. The molecule has 2 amide bonds. The second-order valence-electron chi connectivity index (χ2n) is 13.8. The number of hydrogen-bond acceptors (Lipinski definition) is 9. The Hall–Kier alpha value is -7.19. The third-order valence-electron chi connectivity index (χ3n) is 9.74. The van der Waals surface area contributed by atoms with Crippen LogP contribution in [0.1, 0.15) is 24.8 Å². The number of rotatable bonds is 9. The summed E-state index contributed by atoms with van der Waals surface area (Å²) in [4.78, 5) is 35.5. The molecule has 0 unspecified atom stereocenters. The Bertz CT molecular complexity index is 2800. The second-order valence-corrected chi connectivity index (χ2v) is 13.8. The molecule has 1 aliphatic rings. The summed E-state index contributed by atoms with van der Waals surface area (Å²) in [5, 5.41) is 16.8. The number of amides is 2. The molecule has 0 saturated carbocycles. The number of nitrogens with zero attached hydrogens (tertiary/aromatic N) is 7. The molecule has 284 valence electrons. The van der Waals surface area contributed by atoms with Gasteiger partial charge >= 0.3 is 0 Å². The van der Waals surface area contributed by atoms with Crippen LogP contribution in [0.3, 0.4) is 0 Å². The summed E-state index contributed by atoms with van der Waals surface area (Å²) >= 11 is 0. The molecule has 0 spiro atoms. The molecule has 0 aliphatic carbocycles. The van der Waals surface area contributed by atoms with Gasteiger partial charge in [-0.25, -0.2) is 23.4 Å². The molecular formula is C43H36FN9O4. The van der Waals surface area contributed by atoms with Gasteiger partial charge in [0.15, 0.2) is 34.5 Å². The largest absolute Gasteiger partial charge is 0.454 e. The van der Waals surface area contributed by atoms with Crippen LogP contribution in [0.2, 0.25) is 0 Å². The topological polar surface area (TPSA) is 148 Å². The minimum atomic E-state index is -0.290. The zero-order valence-electron chi connectivity index (χ0n) is 30.6. The Kier molecular flexibility index (Phi) is 9.66. The Morgan fingerprint density at radius 2 is 1.18 bits per heavy atom. The quantitative estimate of drug-likeness (QED) is 0.149. The fourth-order valence-corrected chi connectivity index (χ4v) is 6.87. The Morgan fingerprint density at radius 1 is 0.649 bits per heavy atom. The normalized spacial score (nSPS) is 13.0. The van der Waals surface area contributed by atoms with Crippen LogP contribution in [0.15, 0.2) is 130 Å². The van der Waals surface area contributed by atoms with Crippen molar-refractivity contribution in [3.8, 4) is 22.9 Å². The number of hydrogen-bond donors (Lipinski definition) is 2. The molecule has 7 heterocycles. The van der Waals surface area contributed by atoms with Gasteiger partial charge in [-0.3, -0.25) is 14.5 Å². The summed E-state index contributed by atoms with van der Waals surface area (Å²) in [5.41, 5.74) is 5.29. The van der Waals surface area contributed by atoms with Crippen molar-refractivity contribution >= 4 is 56.7 Å². The van der Waals surface area contributed by atoms with Crippen molar-refractivity contribution in [2.45, 2.75) is 25.7 Å². The molecule has 0 radical (unpaired) electrons. The number of aryl methyl sites for hydroxylation is 1. The first kappa shape index (κ1) is 35.5. The molecule has 14 heteroatoms. The smallest absolute Gasteiger partial charge is 0.239 e. The maximum Gasteiger partial charge on any atom is 0.239 e.